The molecule has 0 radical (unpaired) electrons. The van der Waals surface area contributed by atoms with Crippen LogP contribution in [0.1, 0.15) is 20.3 Å². The lowest BCUT2D eigenvalue weighted by Crippen LogP contribution is -2.43. The van der Waals surface area contributed by atoms with Crippen molar-refractivity contribution in [2.75, 3.05) is 7.11 Å². The average molecular weight is 276 g/mol. The molecule has 0 bridgehead atoms. The van der Waals surface area contributed by atoms with Crippen LogP contribution < -0.4 is 5.32 Å². The minimum absolute atomic E-state index is 0.0456. The first-order chi connectivity index (χ1) is 7.04. The van der Waals surface area contributed by atoms with Gasteiger partial charge in [0.1, 0.15) is 6.23 Å². The molecular formula is C11H18BrNO2. The largest absolute Gasteiger partial charge is 0.389 e. The van der Waals surface area contributed by atoms with E-state index in [-0.39, 0.29) is 12.1 Å². The third-order valence-corrected chi connectivity index (χ3v) is 2.97. The number of hydrogen-bond acceptors (Lipinski definition) is 3. The lowest BCUT2D eigenvalue weighted by molar-refractivity contribution is -0.0130. The normalized spacial score (nSPS) is 27.7. The maximum Gasteiger partial charge on any atom is 0.132 e. The summed E-state index contributed by atoms with van der Waals surface area (Å²) < 4.78 is 6.35. The molecule has 0 saturated heterocycles. The Morgan fingerprint density at radius 2 is 2.40 bits per heavy atom. The standard InChI is InChI=1S/C11H18BrNO2/c1-7(2)4-10(14)9-5-8(12)6-13-11(9)15-3/h4,6,9-11,13-14H,5H2,1-3H3. The van der Waals surface area contributed by atoms with E-state index >= 15 is 0 Å². The van der Waals surface area contributed by atoms with Gasteiger partial charge in [-0.25, -0.2) is 0 Å². The van der Waals surface area contributed by atoms with Gasteiger partial charge in [0, 0.05) is 23.7 Å². The molecule has 1 rings (SSSR count). The molecule has 3 atom stereocenters. The zero-order valence-corrected chi connectivity index (χ0v) is 10.9. The van der Waals surface area contributed by atoms with E-state index in [0.717, 1.165) is 16.5 Å². The van der Waals surface area contributed by atoms with Gasteiger partial charge in [-0.3, -0.25) is 0 Å². The number of rotatable bonds is 3. The molecule has 0 fully saturated rings. The number of methoxy groups -OCH3 is 1. The first-order valence-corrected chi connectivity index (χ1v) is 5.80. The second-order valence-electron chi connectivity index (χ2n) is 4.02. The van der Waals surface area contributed by atoms with Crippen LogP contribution in [0, 0.1) is 5.92 Å². The van der Waals surface area contributed by atoms with Crippen molar-refractivity contribution < 1.29 is 9.84 Å². The molecule has 0 amide bonds. The quantitative estimate of drug-likeness (QED) is 0.776. The fraction of sp³-hybridized carbons (Fsp3) is 0.636. The summed E-state index contributed by atoms with van der Waals surface area (Å²) in [4.78, 5) is 0. The molecule has 1 aliphatic heterocycles. The number of hydrogen-bond donors (Lipinski definition) is 2. The summed E-state index contributed by atoms with van der Waals surface area (Å²) >= 11 is 3.43. The maximum absolute atomic E-state index is 10.0. The van der Waals surface area contributed by atoms with E-state index in [1.165, 1.54) is 0 Å². The topological polar surface area (TPSA) is 41.5 Å². The molecule has 0 aromatic rings. The average Bonchev–Trinajstić information content (AvgIpc) is 2.16. The van der Waals surface area contributed by atoms with Crippen LogP contribution in [0.4, 0.5) is 0 Å². The monoisotopic (exact) mass is 275 g/mol. The molecule has 0 aromatic heterocycles. The predicted octanol–water partition coefficient (Wildman–Crippen LogP) is 2.13. The van der Waals surface area contributed by atoms with Crippen LogP contribution in [-0.4, -0.2) is 24.5 Å². The Labute approximate surface area is 99.3 Å². The summed E-state index contributed by atoms with van der Waals surface area (Å²) in [6, 6.07) is 0. The van der Waals surface area contributed by atoms with Crippen LogP contribution in [0.5, 0.6) is 0 Å². The first kappa shape index (κ1) is 12.7. The van der Waals surface area contributed by atoms with Gasteiger partial charge in [-0.05, 0) is 20.3 Å². The summed E-state index contributed by atoms with van der Waals surface area (Å²) in [6.45, 7) is 3.96. The Morgan fingerprint density at radius 1 is 1.73 bits per heavy atom. The summed E-state index contributed by atoms with van der Waals surface area (Å²) in [6.07, 6.45) is 3.92. The van der Waals surface area contributed by atoms with Crippen molar-refractivity contribution in [1.29, 1.82) is 0 Å². The van der Waals surface area contributed by atoms with Gasteiger partial charge in [0.2, 0.25) is 0 Å². The molecule has 3 nitrogen and oxygen atoms in total. The third kappa shape index (κ3) is 3.63. The smallest absolute Gasteiger partial charge is 0.132 e. The zero-order chi connectivity index (χ0) is 11.4. The Hall–Kier alpha value is -0.320. The molecular weight excluding hydrogens is 258 g/mol. The van der Waals surface area contributed by atoms with Crippen LogP contribution in [-0.2, 0) is 4.74 Å². The highest BCUT2D eigenvalue weighted by Gasteiger charge is 2.29. The van der Waals surface area contributed by atoms with Gasteiger partial charge in [0.15, 0.2) is 0 Å². The van der Waals surface area contributed by atoms with Crippen molar-refractivity contribution in [3.05, 3.63) is 22.3 Å². The maximum atomic E-state index is 10.0. The van der Waals surface area contributed by atoms with Gasteiger partial charge in [0.25, 0.3) is 0 Å². The number of halogens is 1. The molecule has 0 aliphatic carbocycles. The van der Waals surface area contributed by atoms with Crippen molar-refractivity contribution in [1.82, 2.24) is 5.32 Å². The van der Waals surface area contributed by atoms with Crippen LogP contribution in [0.15, 0.2) is 22.3 Å². The van der Waals surface area contributed by atoms with E-state index in [9.17, 15) is 5.11 Å². The van der Waals surface area contributed by atoms with E-state index in [1.807, 2.05) is 26.1 Å². The van der Waals surface area contributed by atoms with E-state index in [2.05, 4.69) is 21.2 Å². The van der Waals surface area contributed by atoms with Crippen molar-refractivity contribution in [2.45, 2.75) is 32.6 Å². The number of nitrogens with one attached hydrogen (secondary N) is 1. The Kier molecular flexibility index (Phi) is 4.83. The lowest BCUT2D eigenvalue weighted by atomic mass is 9.93. The SMILES string of the molecule is COC1NC=C(Br)CC1C(O)C=C(C)C. The highest BCUT2D eigenvalue weighted by atomic mass is 79.9. The van der Waals surface area contributed by atoms with Crippen molar-refractivity contribution in [3.63, 3.8) is 0 Å². The van der Waals surface area contributed by atoms with E-state index < -0.39 is 6.10 Å². The van der Waals surface area contributed by atoms with Gasteiger partial charge in [0.05, 0.1) is 6.10 Å². The molecule has 1 heterocycles. The Morgan fingerprint density at radius 3 is 2.93 bits per heavy atom. The summed E-state index contributed by atoms with van der Waals surface area (Å²) in [5, 5.41) is 13.1. The minimum atomic E-state index is -0.478. The van der Waals surface area contributed by atoms with Crippen molar-refractivity contribution in [2.24, 2.45) is 5.92 Å². The van der Waals surface area contributed by atoms with Gasteiger partial charge < -0.3 is 15.2 Å². The molecule has 0 spiro atoms. The molecule has 4 heteroatoms. The molecule has 1 aliphatic rings. The van der Waals surface area contributed by atoms with E-state index in [4.69, 9.17) is 4.74 Å². The number of allylic oxidation sites excluding steroid dienone is 2. The molecule has 0 saturated carbocycles. The Bertz CT molecular complexity index is 272. The minimum Gasteiger partial charge on any atom is -0.389 e. The second-order valence-corrected chi connectivity index (χ2v) is 5.04. The summed E-state index contributed by atoms with van der Waals surface area (Å²) in [5.41, 5.74) is 1.11. The fourth-order valence-corrected chi connectivity index (χ4v) is 2.20. The van der Waals surface area contributed by atoms with Crippen LogP contribution >= 0.6 is 15.9 Å². The number of ether oxygens (including phenoxy) is 1. The molecule has 2 N–H and O–H groups in total. The van der Waals surface area contributed by atoms with Crippen LogP contribution in [0.2, 0.25) is 0 Å². The van der Waals surface area contributed by atoms with Gasteiger partial charge >= 0.3 is 0 Å². The van der Waals surface area contributed by atoms with Crippen LogP contribution in [0.3, 0.4) is 0 Å². The highest BCUT2D eigenvalue weighted by Crippen LogP contribution is 2.28. The van der Waals surface area contributed by atoms with E-state index in [1.54, 1.807) is 7.11 Å². The van der Waals surface area contributed by atoms with Crippen molar-refractivity contribution in [3.8, 4) is 0 Å². The third-order valence-electron chi connectivity index (χ3n) is 2.42. The molecule has 3 unspecified atom stereocenters. The number of aliphatic hydroxyl groups excluding tert-OH is 1. The van der Waals surface area contributed by atoms with Crippen molar-refractivity contribution >= 4 is 15.9 Å². The summed E-state index contributed by atoms with van der Waals surface area (Å²) in [5.74, 6) is 0.0456. The fourth-order valence-electron chi connectivity index (χ4n) is 1.70. The zero-order valence-electron chi connectivity index (χ0n) is 9.33. The van der Waals surface area contributed by atoms with E-state index in [0.29, 0.717) is 0 Å². The first-order valence-electron chi connectivity index (χ1n) is 5.01. The van der Waals surface area contributed by atoms with Gasteiger partial charge in [-0.15, -0.1) is 0 Å². The lowest BCUT2D eigenvalue weighted by Gasteiger charge is -2.32. The highest BCUT2D eigenvalue weighted by molar-refractivity contribution is 9.11. The second kappa shape index (κ2) is 5.68. The van der Waals surface area contributed by atoms with Gasteiger partial charge in [-0.1, -0.05) is 27.6 Å². The molecule has 0 aromatic carbocycles. The molecule has 86 valence electrons. The number of aliphatic hydroxyl groups is 1. The summed E-state index contributed by atoms with van der Waals surface area (Å²) in [7, 11) is 1.65. The van der Waals surface area contributed by atoms with Crippen LogP contribution in [0.25, 0.3) is 0 Å². The Balaban J connectivity index is 2.73. The van der Waals surface area contributed by atoms with Gasteiger partial charge in [-0.2, -0.15) is 0 Å². The molecule has 15 heavy (non-hydrogen) atoms. The predicted molar refractivity (Wildman–Crippen MR) is 64.5 cm³/mol.